The lowest BCUT2D eigenvalue weighted by Crippen LogP contribution is -2.44. The maximum absolute atomic E-state index is 12.7. The molecular weight excluding hydrogens is 321 g/mol. The van der Waals surface area contributed by atoms with Crippen molar-refractivity contribution in [3.8, 4) is 0 Å². The Kier molecular flexibility index (Phi) is 6.23. The number of morpholine rings is 1. The number of hydrogen-bond acceptors (Lipinski definition) is 3. The van der Waals surface area contributed by atoms with Gasteiger partial charge in [0.2, 0.25) is 5.91 Å². The smallest absolute Gasteiger partial charge is 0.379 e. The van der Waals surface area contributed by atoms with Gasteiger partial charge < -0.3 is 10.1 Å². The summed E-state index contributed by atoms with van der Waals surface area (Å²) in [6, 6.07) is 4.99. The molecule has 1 aliphatic heterocycles. The number of nitrogens with one attached hydrogen (secondary N) is 1. The molecule has 0 spiro atoms. The Hall–Kier alpha value is -1.60. The summed E-state index contributed by atoms with van der Waals surface area (Å²) < 4.78 is 43.5. The predicted molar refractivity (Wildman–Crippen MR) is 84.4 cm³/mol. The molecule has 1 aromatic carbocycles. The van der Waals surface area contributed by atoms with E-state index in [4.69, 9.17) is 4.74 Å². The lowest BCUT2D eigenvalue weighted by atomic mass is 10.0. The molecule has 1 aromatic rings. The number of nitrogens with zero attached hydrogens (tertiary/aromatic N) is 1. The zero-order valence-electron chi connectivity index (χ0n) is 13.9. The average Bonchev–Trinajstić information content (AvgIpc) is 2.55. The van der Waals surface area contributed by atoms with E-state index in [0.717, 1.165) is 17.7 Å². The van der Waals surface area contributed by atoms with Crippen LogP contribution in [0.3, 0.4) is 0 Å². The van der Waals surface area contributed by atoms with Crippen molar-refractivity contribution in [2.24, 2.45) is 5.92 Å². The van der Waals surface area contributed by atoms with Crippen LogP contribution in [0, 0.1) is 5.92 Å². The number of alkyl halides is 3. The van der Waals surface area contributed by atoms with Gasteiger partial charge in [0.25, 0.3) is 0 Å². The molecule has 24 heavy (non-hydrogen) atoms. The molecule has 0 bridgehead atoms. The van der Waals surface area contributed by atoms with E-state index in [-0.39, 0.29) is 17.9 Å². The number of benzene rings is 1. The first-order valence-electron chi connectivity index (χ1n) is 8.05. The largest absolute Gasteiger partial charge is 0.416 e. The molecule has 1 N–H and O–H groups in total. The van der Waals surface area contributed by atoms with E-state index in [1.54, 1.807) is 13.8 Å². The quantitative estimate of drug-likeness (QED) is 0.893. The van der Waals surface area contributed by atoms with E-state index in [0.29, 0.717) is 32.8 Å². The molecule has 1 atom stereocenters. The van der Waals surface area contributed by atoms with Crippen molar-refractivity contribution >= 4 is 5.91 Å². The normalized spacial score (nSPS) is 17.8. The SMILES string of the molecule is CC(C)C(=O)NC[C@H](c1ccc(C(F)(F)F)cc1)N1CCOCC1. The first kappa shape index (κ1) is 18.7. The zero-order chi connectivity index (χ0) is 17.7. The molecule has 0 aliphatic carbocycles. The molecule has 0 saturated carbocycles. The topological polar surface area (TPSA) is 41.6 Å². The van der Waals surface area contributed by atoms with Gasteiger partial charge in [0.15, 0.2) is 0 Å². The van der Waals surface area contributed by atoms with Crippen LogP contribution in [0.2, 0.25) is 0 Å². The van der Waals surface area contributed by atoms with Crippen molar-refractivity contribution in [2.45, 2.75) is 26.1 Å². The average molecular weight is 344 g/mol. The number of carbonyl (C=O) groups is 1. The van der Waals surface area contributed by atoms with Crippen LogP contribution in [0.5, 0.6) is 0 Å². The predicted octanol–water partition coefficient (Wildman–Crippen LogP) is 2.85. The summed E-state index contributed by atoms with van der Waals surface area (Å²) >= 11 is 0. The molecule has 2 rings (SSSR count). The second kappa shape index (κ2) is 7.98. The van der Waals surface area contributed by atoms with Gasteiger partial charge in [-0.2, -0.15) is 13.2 Å². The minimum absolute atomic E-state index is 0.0693. The molecule has 0 aromatic heterocycles. The Bertz CT molecular complexity index is 538. The van der Waals surface area contributed by atoms with E-state index in [1.807, 2.05) is 0 Å². The van der Waals surface area contributed by atoms with Crippen molar-refractivity contribution in [1.29, 1.82) is 0 Å². The Morgan fingerprint density at radius 3 is 2.29 bits per heavy atom. The molecule has 7 heteroatoms. The van der Waals surface area contributed by atoms with Crippen LogP contribution in [-0.2, 0) is 15.7 Å². The third kappa shape index (κ3) is 4.95. The second-order valence-corrected chi connectivity index (χ2v) is 6.18. The van der Waals surface area contributed by atoms with Crippen molar-refractivity contribution in [3.63, 3.8) is 0 Å². The van der Waals surface area contributed by atoms with Gasteiger partial charge in [-0.3, -0.25) is 9.69 Å². The molecule has 1 saturated heterocycles. The van der Waals surface area contributed by atoms with Gasteiger partial charge >= 0.3 is 6.18 Å². The summed E-state index contributed by atoms with van der Waals surface area (Å²) in [5, 5.41) is 2.88. The molecule has 0 radical (unpaired) electrons. The van der Waals surface area contributed by atoms with E-state index in [2.05, 4.69) is 10.2 Å². The van der Waals surface area contributed by atoms with E-state index < -0.39 is 11.7 Å². The van der Waals surface area contributed by atoms with Crippen molar-refractivity contribution < 1.29 is 22.7 Å². The van der Waals surface area contributed by atoms with Gasteiger partial charge in [-0.05, 0) is 17.7 Å². The maximum Gasteiger partial charge on any atom is 0.416 e. The first-order valence-corrected chi connectivity index (χ1v) is 8.05. The van der Waals surface area contributed by atoms with Gasteiger partial charge in [0.1, 0.15) is 0 Å². The highest BCUT2D eigenvalue weighted by molar-refractivity contribution is 5.77. The van der Waals surface area contributed by atoms with E-state index >= 15 is 0 Å². The Morgan fingerprint density at radius 1 is 1.21 bits per heavy atom. The van der Waals surface area contributed by atoms with Crippen LogP contribution >= 0.6 is 0 Å². The summed E-state index contributed by atoms with van der Waals surface area (Å²) in [6.07, 6.45) is -4.35. The molecule has 0 unspecified atom stereocenters. The van der Waals surface area contributed by atoms with Crippen LogP contribution in [-0.4, -0.2) is 43.7 Å². The number of hydrogen-bond donors (Lipinski definition) is 1. The maximum atomic E-state index is 12.7. The van der Waals surface area contributed by atoms with Crippen molar-refractivity contribution in [2.75, 3.05) is 32.8 Å². The lowest BCUT2D eigenvalue weighted by molar-refractivity contribution is -0.137. The fourth-order valence-corrected chi connectivity index (χ4v) is 2.64. The molecule has 1 aliphatic rings. The van der Waals surface area contributed by atoms with Crippen LogP contribution in [0.4, 0.5) is 13.2 Å². The number of rotatable bonds is 5. The molecule has 1 heterocycles. The van der Waals surface area contributed by atoms with E-state index in [9.17, 15) is 18.0 Å². The molecule has 1 amide bonds. The number of ether oxygens (including phenoxy) is 1. The minimum atomic E-state index is -4.35. The van der Waals surface area contributed by atoms with Gasteiger partial charge in [-0.25, -0.2) is 0 Å². The Morgan fingerprint density at radius 2 is 1.79 bits per heavy atom. The van der Waals surface area contributed by atoms with Gasteiger partial charge in [0, 0.05) is 25.6 Å². The molecule has 134 valence electrons. The fraction of sp³-hybridized carbons (Fsp3) is 0.588. The summed E-state index contributed by atoms with van der Waals surface area (Å²) in [5.41, 5.74) is 0.0900. The van der Waals surface area contributed by atoms with Crippen LogP contribution < -0.4 is 5.32 Å². The minimum Gasteiger partial charge on any atom is -0.379 e. The third-order valence-corrected chi connectivity index (χ3v) is 4.10. The Balaban J connectivity index is 2.16. The zero-order valence-corrected chi connectivity index (χ0v) is 13.9. The van der Waals surface area contributed by atoms with Gasteiger partial charge in [0.05, 0.1) is 24.8 Å². The summed E-state index contributed by atoms with van der Waals surface area (Å²) in [6.45, 7) is 6.49. The van der Waals surface area contributed by atoms with Gasteiger partial charge in [-0.15, -0.1) is 0 Å². The molecule has 4 nitrogen and oxygen atoms in total. The van der Waals surface area contributed by atoms with E-state index in [1.165, 1.54) is 12.1 Å². The van der Waals surface area contributed by atoms with Gasteiger partial charge in [-0.1, -0.05) is 26.0 Å². The molecule has 1 fully saturated rings. The molecular formula is C17H23F3N2O2. The summed E-state index contributed by atoms with van der Waals surface area (Å²) in [7, 11) is 0. The number of halogens is 3. The number of carbonyl (C=O) groups excluding carboxylic acids is 1. The highest BCUT2D eigenvalue weighted by Gasteiger charge is 2.31. The fourth-order valence-electron chi connectivity index (χ4n) is 2.64. The summed E-state index contributed by atoms with van der Waals surface area (Å²) in [5.74, 6) is -0.205. The highest BCUT2D eigenvalue weighted by Crippen LogP contribution is 2.31. The highest BCUT2D eigenvalue weighted by atomic mass is 19.4. The first-order chi connectivity index (χ1) is 11.3. The van der Waals surface area contributed by atoms with Crippen LogP contribution in [0.15, 0.2) is 24.3 Å². The van der Waals surface area contributed by atoms with Crippen molar-refractivity contribution in [1.82, 2.24) is 10.2 Å². The van der Waals surface area contributed by atoms with Crippen LogP contribution in [0.25, 0.3) is 0 Å². The van der Waals surface area contributed by atoms with Crippen molar-refractivity contribution in [3.05, 3.63) is 35.4 Å². The van der Waals surface area contributed by atoms with Crippen LogP contribution in [0.1, 0.15) is 31.0 Å². The monoisotopic (exact) mass is 344 g/mol. The standard InChI is InChI=1S/C17H23F3N2O2/c1-12(2)16(23)21-11-15(22-7-9-24-10-8-22)13-3-5-14(6-4-13)17(18,19)20/h3-6,12,15H,7-11H2,1-2H3,(H,21,23)/t15-/m1/s1. The lowest BCUT2D eigenvalue weighted by Gasteiger charge is -2.35. The Labute approximate surface area is 140 Å². The second-order valence-electron chi connectivity index (χ2n) is 6.18. The third-order valence-electron chi connectivity index (χ3n) is 4.10. The number of amides is 1. The summed E-state index contributed by atoms with van der Waals surface area (Å²) in [4.78, 5) is 14.0.